The Morgan fingerprint density at radius 3 is 2.45 bits per heavy atom. The van der Waals surface area contributed by atoms with E-state index in [-0.39, 0.29) is 18.3 Å². The van der Waals surface area contributed by atoms with Gasteiger partial charge in [0.15, 0.2) is 11.0 Å². The van der Waals surface area contributed by atoms with Crippen LogP contribution >= 0.6 is 46.6 Å². The second-order valence-electron chi connectivity index (χ2n) is 6.91. The van der Waals surface area contributed by atoms with Crippen LogP contribution in [0.1, 0.15) is 21.7 Å². The Bertz CT molecular complexity index is 1300. The number of hydrogen-bond donors (Lipinski definition) is 1. The highest BCUT2D eigenvalue weighted by Crippen LogP contribution is 2.31. The molecule has 4 rings (SSSR count). The zero-order valence-corrected chi connectivity index (χ0v) is 20.0. The van der Waals surface area contributed by atoms with Crippen molar-refractivity contribution < 1.29 is 9.18 Å². The van der Waals surface area contributed by atoms with Crippen LogP contribution in [0, 0.1) is 5.82 Å². The van der Waals surface area contributed by atoms with E-state index in [9.17, 15) is 9.18 Å². The molecule has 0 aliphatic carbocycles. The van der Waals surface area contributed by atoms with Crippen molar-refractivity contribution in [1.82, 2.24) is 20.1 Å². The number of carbonyl (C=O) groups excluding carboxylic acids is 1. The molecule has 1 aromatic heterocycles. The number of hydrogen-bond acceptors (Lipinski definition) is 4. The first-order valence-corrected chi connectivity index (χ1v) is 11.8. The van der Waals surface area contributed by atoms with E-state index in [1.54, 1.807) is 59.2 Å². The lowest BCUT2D eigenvalue weighted by atomic mass is 10.2. The molecule has 168 valence electrons. The highest BCUT2D eigenvalue weighted by Gasteiger charge is 2.19. The van der Waals surface area contributed by atoms with Crippen LogP contribution in [-0.2, 0) is 12.3 Å². The van der Waals surface area contributed by atoms with Gasteiger partial charge in [0, 0.05) is 10.8 Å². The van der Waals surface area contributed by atoms with Crippen LogP contribution in [0.3, 0.4) is 0 Å². The Labute approximate surface area is 208 Å². The molecule has 0 atom stereocenters. The molecule has 0 aliphatic heterocycles. The highest BCUT2D eigenvalue weighted by atomic mass is 35.5. The van der Waals surface area contributed by atoms with Crippen LogP contribution < -0.4 is 5.32 Å². The van der Waals surface area contributed by atoms with Gasteiger partial charge in [-0.1, -0.05) is 70.8 Å². The van der Waals surface area contributed by atoms with Crippen molar-refractivity contribution >= 4 is 52.5 Å². The van der Waals surface area contributed by atoms with E-state index in [2.05, 4.69) is 15.5 Å². The van der Waals surface area contributed by atoms with Gasteiger partial charge in [0.05, 0.1) is 27.8 Å². The van der Waals surface area contributed by atoms with Gasteiger partial charge < -0.3 is 5.32 Å². The summed E-state index contributed by atoms with van der Waals surface area (Å²) in [6, 6.07) is 18.1. The summed E-state index contributed by atoms with van der Waals surface area (Å²) >= 11 is 20.1. The summed E-state index contributed by atoms with van der Waals surface area (Å²) in [6.45, 7) is 0.0904. The fraction of sp³-hybridized carbons (Fsp3) is 0.0870. The first kappa shape index (κ1) is 23.6. The van der Waals surface area contributed by atoms with E-state index in [0.717, 1.165) is 5.56 Å². The normalized spacial score (nSPS) is 10.9. The minimum Gasteiger partial charge on any atom is -0.345 e. The molecule has 1 N–H and O–H groups in total. The standard InChI is InChI=1S/C23H16Cl3FN4OS/c24-15-7-10-20(19(26)11-15)31-21(12-28-22(32)17-3-1-2-4-18(17)25)29-30-23(31)33-13-14-5-8-16(27)9-6-14/h1-11H,12-13H2,(H,28,32). The maximum absolute atomic E-state index is 13.2. The van der Waals surface area contributed by atoms with Crippen molar-refractivity contribution in [2.75, 3.05) is 0 Å². The molecule has 1 amide bonds. The molecule has 0 spiro atoms. The fourth-order valence-corrected chi connectivity index (χ4v) is 4.68. The van der Waals surface area contributed by atoms with Crippen LogP contribution in [-0.4, -0.2) is 20.7 Å². The number of thioether (sulfide) groups is 1. The minimum atomic E-state index is -0.335. The Hall–Kier alpha value is -2.58. The summed E-state index contributed by atoms with van der Waals surface area (Å²) in [7, 11) is 0. The monoisotopic (exact) mass is 520 g/mol. The number of nitrogens with zero attached hydrogens (tertiary/aromatic N) is 3. The summed E-state index contributed by atoms with van der Waals surface area (Å²) < 4.78 is 15.0. The number of carbonyl (C=O) groups is 1. The van der Waals surface area contributed by atoms with Gasteiger partial charge in [0.2, 0.25) is 0 Å². The molecular formula is C23H16Cl3FN4OS. The molecule has 4 aromatic rings. The third kappa shape index (κ3) is 5.68. The first-order chi connectivity index (χ1) is 15.9. The molecule has 33 heavy (non-hydrogen) atoms. The average molecular weight is 522 g/mol. The molecular weight excluding hydrogens is 506 g/mol. The molecule has 0 bridgehead atoms. The van der Waals surface area contributed by atoms with Crippen molar-refractivity contribution in [3.8, 4) is 5.69 Å². The van der Waals surface area contributed by atoms with Crippen molar-refractivity contribution in [3.05, 3.63) is 105 Å². The van der Waals surface area contributed by atoms with Crippen LogP contribution in [0.4, 0.5) is 4.39 Å². The molecule has 5 nitrogen and oxygen atoms in total. The van der Waals surface area contributed by atoms with E-state index < -0.39 is 0 Å². The quantitative estimate of drug-likeness (QED) is 0.279. The van der Waals surface area contributed by atoms with Crippen LogP contribution in [0.2, 0.25) is 15.1 Å². The molecule has 0 aliphatic rings. The molecule has 1 heterocycles. The second-order valence-corrected chi connectivity index (χ2v) is 9.10. The van der Waals surface area contributed by atoms with Crippen LogP contribution in [0.15, 0.2) is 71.9 Å². The number of amides is 1. The van der Waals surface area contributed by atoms with Gasteiger partial charge in [-0.05, 0) is 48.0 Å². The molecule has 0 radical (unpaired) electrons. The highest BCUT2D eigenvalue weighted by molar-refractivity contribution is 7.98. The van der Waals surface area contributed by atoms with Gasteiger partial charge in [-0.2, -0.15) is 0 Å². The Balaban J connectivity index is 1.61. The molecule has 3 aromatic carbocycles. The second kappa shape index (κ2) is 10.6. The van der Waals surface area contributed by atoms with Crippen molar-refractivity contribution in [2.45, 2.75) is 17.5 Å². The zero-order valence-electron chi connectivity index (χ0n) is 16.9. The SMILES string of the molecule is O=C(NCc1nnc(SCc2ccc(F)cc2)n1-c1ccc(Cl)cc1Cl)c1ccccc1Cl. The van der Waals surface area contributed by atoms with Crippen LogP contribution in [0.25, 0.3) is 5.69 Å². The lowest BCUT2D eigenvalue weighted by Crippen LogP contribution is -2.25. The van der Waals surface area contributed by atoms with Crippen LogP contribution in [0.5, 0.6) is 0 Å². The third-order valence-corrected chi connectivity index (χ3v) is 6.53. The van der Waals surface area contributed by atoms with Gasteiger partial charge in [0.25, 0.3) is 5.91 Å². The summed E-state index contributed by atoms with van der Waals surface area (Å²) in [4.78, 5) is 12.6. The summed E-state index contributed by atoms with van der Waals surface area (Å²) in [5.41, 5.74) is 1.90. The number of nitrogens with one attached hydrogen (secondary N) is 1. The van der Waals surface area contributed by atoms with E-state index in [0.29, 0.717) is 43.1 Å². The Morgan fingerprint density at radius 1 is 0.970 bits per heavy atom. The maximum atomic E-state index is 13.2. The predicted molar refractivity (Wildman–Crippen MR) is 130 cm³/mol. The van der Waals surface area contributed by atoms with Gasteiger partial charge in [-0.15, -0.1) is 10.2 Å². The largest absolute Gasteiger partial charge is 0.345 e. The topological polar surface area (TPSA) is 59.8 Å². The molecule has 0 unspecified atom stereocenters. The Kier molecular flexibility index (Phi) is 7.55. The van der Waals surface area contributed by atoms with E-state index >= 15 is 0 Å². The maximum Gasteiger partial charge on any atom is 0.253 e. The third-order valence-electron chi connectivity index (χ3n) is 4.66. The summed E-state index contributed by atoms with van der Waals surface area (Å²) in [5.74, 6) is 0.380. The van der Waals surface area contributed by atoms with E-state index in [1.165, 1.54) is 23.9 Å². The lowest BCUT2D eigenvalue weighted by Gasteiger charge is -2.13. The van der Waals surface area contributed by atoms with Crippen molar-refractivity contribution in [2.24, 2.45) is 0 Å². The van der Waals surface area contributed by atoms with Gasteiger partial charge in [-0.25, -0.2) is 4.39 Å². The number of halogens is 4. The Morgan fingerprint density at radius 2 is 1.73 bits per heavy atom. The molecule has 10 heteroatoms. The predicted octanol–water partition coefficient (Wildman–Crippen LogP) is 6.59. The number of rotatable bonds is 7. The first-order valence-electron chi connectivity index (χ1n) is 9.72. The molecule has 0 saturated carbocycles. The van der Waals surface area contributed by atoms with Gasteiger partial charge in [-0.3, -0.25) is 9.36 Å². The summed E-state index contributed by atoms with van der Waals surface area (Å²) in [6.07, 6.45) is 0. The minimum absolute atomic E-state index is 0.0904. The van der Waals surface area contributed by atoms with E-state index in [1.807, 2.05) is 0 Å². The molecule has 0 fully saturated rings. The van der Waals surface area contributed by atoms with Crippen molar-refractivity contribution in [1.29, 1.82) is 0 Å². The molecule has 0 saturated heterocycles. The fourth-order valence-electron chi connectivity index (χ4n) is 3.04. The summed E-state index contributed by atoms with van der Waals surface area (Å²) in [5, 5.41) is 13.2. The number of aromatic nitrogens is 3. The van der Waals surface area contributed by atoms with Gasteiger partial charge in [0.1, 0.15) is 5.82 Å². The average Bonchev–Trinajstić information content (AvgIpc) is 3.20. The lowest BCUT2D eigenvalue weighted by molar-refractivity contribution is 0.0950. The zero-order chi connectivity index (χ0) is 23.4. The van der Waals surface area contributed by atoms with Crippen molar-refractivity contribution in [3.63, 3.8) is 0 Å². The van der Waals surface area contributed by atoms with E-state index in [4.69, 9.17) is 34.8 Å². The number of benzene rings is 3. The van der Waals surface area contributed by atoms with Gasteiger partial charge >= 0.3 is 0 Å². The smallest absolute Gasteiger partial charge is 0.253 e.